The number of aryl methyl sites for hydroxylation is 2. The maximum absolute atomic E-state index is 12.7. The predicted octanol–water partition coefficient (Wildman–Crippen LogP) is 4.13. The van der Waals surface area contributed by atoms with Gasteiger partial charge in [-0.2, -0.15) is 0 Å². The van der Waals surface area contributed by atoms with E-state index >= 15 is 0 Å². The van der Waals surface area contributed by atoms with Crippen LogP contribution in [0.5, 0.6) is 0 Å². The molecule has 0 unspecified atom stereocenters. The maximum Gasteiger partial charge on any atom is 0.335 e. The van der Waals surface area contributed by atoms with Gasteiger partial charge < -0.3 is 15.3 Å². The quantitative estimate of drug-likeness (QED) is 0.816. The van der Waals surface area contributed by atoms with E-state index in [1.54, 1.807) is 31.2 Å². The summed E-state index contributed by atoms with van der Waals surface area (Å²) in [6, 6.07) is 9.76. The number of aromatic carboxylic acids is 1. The van der Waals surface area contributed by atoms with Crippen LogP contribution in [0.1, 0.15) is 62.0 Å². The monoisotopic (exact) mass is 394 g/mol. The van der Waals surface area contributed by atoms with E-state index in [1.165, 1.54) is 12.1 Å². The second kappa shape index (κ2) is 8.47. The van der Waals surface area contributed by atoms with Gasteiger partial charge in [0.25, 0.3) is 11.8 Å². The van der Waals surface area contributed by atoms with E-state index in [9.17, 15) is 19.5 Å². The van der Waals surface area contributed by atoms with Gasteiger partial charge >= 0.3 is 5.97 Å². The van der Waals surface area contributed by atoms with Crippen LogP contribution in [0.2, 0.25) is 0 Å². The highest BCUT2D eigenvalue weighted by Crippen LogP contribution is 2.22. The molecule has 0 aliphatic carbocycles. The standard InChI is InChI=1S/C23H26N2O4/c1-14-6-8-25(9-7-14)22(27)17-4-5-20(16(3)12-17)24-21(26)18-10-15(2)11-19(13-18)23(28)29/h4-5,10-14H,6-9H2,1-3H3,(H,24,26)(H,28,29). The Morgan fingerprint density at radius 2 is 1.62 bits per heavy atom. The van der Waals surface area contributed by atoms with E-state index in [4.69, 9.17) is 0 Å². The van der Waals surface area contributed by atoms with Crippen molar-refractivity contribution in [1.82, 2.24) is 4.90 Å². The molecule has 2 aromatic carbocycles. The summed E-state index contributed by atoms with van der Waals surface area (Å²) >= 11 is 0. The predicted molar refractivity (Wildman–Crippen MR) is 112 cm³/mol. The van der Waals surface area contributed by atoms with Crippen LogP contribution < -0.4 is 5.32 Å². The fourth-order valence-corrected chi connectivity index (χ4v) is 3.56. The van der Waals surface area contributed by atoms with E-state index in [1.807, 2.05) is 11.8 Å². The second-order valence-electron chi connectivity index (χ2n) is 7.85. The van der Waals surface area contributed by atoms with Gasteiger partial charge in [-0.25, -0.2) is 4.79 Å². The Kier molecular flexibility index (Phi) is 6.01. The minimum atomic E-state index is -1.08. The molecule has 1 heterocycles. The van der Waals surface area contributed by atoms with Gasteiger partial charge in [0.15, 0.2) is 0 Å². The molecule has 2 aromatic rings. The average molecular weight is 394 g/mol. The summed E-state index contributed by atoms with van der Waals surface area (Å²) in [5.41, 5.74) is 3.04. The smallest absolute Gasteiger partial charge is 0.335 e. The molecule has 1 saturated heterocycles. The summed E-state index contributed by atoms with van der Waals surface area (Å²) in [6.45, 7) is 7.34. The Labute approximate surface area is 170 Å². The summed E-state index contributed by atoms with van der Waals surface area (Å²) in [6.07, 6.45) is 2.04. The fraction of sp³-hybridized carbons (Fsp3) is 0.348. The molecule has 1 aliphatic rings. The zero-order valence-corrected chi connectivity index (χ0v) is 17.0. The molecule has 6 heteroatoms. The molecule has 3 rings (SSSR count). The molecular formula is C23H26N2O4. The second-order valence-corrected chi connectivity index (χ2v) is 7.85. The number of likely N-dealkylation sites (tertiary alicyclic amines) is 1. The van der Waals surface area contributed by atoms with Crippen molar-refractivity contribution in [2.75, 3.05) is 18.4 Å². The van der Waals surface area contributed by atoms with Crippen molar-refractivity contribution in [3.63, 3.8) is 0 Å². The number of carboxylic acids is 1. The van der Waals surface area contributed by atoms with Crippen molar-refractivity contribution in [1.29, 1.82) is 0 Å². The lowest BCUT2D eigenvalue weighted by molar-refractivity contribution is 0.0688. The highest BCUT2D eigenvalue weighted by atomic mass is 16.4. The van der Waals surface area contributed by atoms with Gasteiger partial charge in [-0.1, -0.05) is 6.92 Å². The van der Waals surface area contributed by atoms with Crippen LogP contribution in [0.25, 0.3) is 0 Å². The van der Waals surface area contributed by atoms with E-state index in [0.29, 0.717) is 22.7 Å². The normalized spacial score (nSPS) is 14.5. The summed E-state index contributed by atoms with van der Waals surface area (Å²) in [4.78, 5) is 38.5. The van der Waals surface area contributed by atoms with Gasteiger partial charge in [0, 0.05) is 29.9 Å². The number of carboxylic acid groups (broad SMARTS) is 1. The van der Waals surface area contributed by atoms with E-state index in [2.05, 4.69) is 12.2 Å². The third-order valence-corrected chi connectivity index (χ3v) is 5.38. The number of anilines is 1. The number of carbonyl (C=O) groups excluding carboxylic acids is 2. The summed E-state index contributed by atoms with van der Waals surface area (Å²) in [7, 11) is 0. The molecule has 6 nitrogen and oxygen atoms in total. The van der Waals surface area contributed by atoms with Crippen molar-refractivity contribution in [3.8, 4) is 0 Å². The van der Waals surface area contributed by atoms with Crippen LogP contribution >= 0.6 is 0 Å². The minimum absolute atomic E-state index is 0.0164. The molecule has 2 N–H and O–H groups in total. The molecule has 0 bridgehead atoms. The van der Waals surface area contributed by atoms with Crippen molar-refractivity contribution < 1.29 is 19.5 Å². The summed E-state index contributed by atoms with van der Waals surface area (Å²) < 4.78 is 0. The molecule has 0 aromatic heterocycles. The largest absolute Gasteiger partial charge is 0.478 e. The lowest BCUT2D eigenvalue weighted by Crippen LogP contribution is -2.37. The van der Waals surface area contributed by atoms with Gasteiger partial charge in [-0.05, 0) is 80.1 Å². The highest BCUT2D eigenvalue weighted by molar-refractivity contribution is 6.06. The van der Waals surface area contributed by atoms with Gasteiger partial charge in [0.2, 0.25) is 0 Å². The third kappa shape index (κ3) is 4.83. The number of nitrogens with zero attached hydrogens (tertiary/aromatic N) is 1. The zero-order chi connectivity index (χ0) is 21.1. The molecule has 0 radical (unpaired) electrons. The molecule has 29 heavy (non-hydrogen) atoms. The minimum Gasteiger partial charge on any atom is -0.478 e. The van der Waals surface area contributed by atoms with Crippen molar-refractivity contribution in [2.45, 2.75) is 33.6 Å². The third-order valence-electron chi connectivity index (χ3n) is 5.38. The fourth-order valence-electron chi connectivity index (χ4n) is 3.56. The molecule has 0 atom stereocenters. The van der Waals surface area contributed by atoms with E-state index in [-0.39, 0.29) is 22.9 Å². The SMILES string of the molecule is Cc1cc(C(=O)O)cc(C(=O)Nc2ccc(C(=O)N3CCC(C)CC3)cc2C)c1. The summed E-state index contributed by atoms with van der Waals surface area (Å²) in [5.74, 6) is -0.790. The van der Waals surface area contributed by atoms with Crippen LogP contribution in [0, 0.1) is 19.8 Å². The van der Waals surface area contributed by atoms with Gasteiger partial charge in [0.1, 0.15) is 0 Å². The van der Waals surface area contributed by atoms with Gasteiger partial charge in [-0.3, -0.25) is 9.59 Å². The Bertz CT molecular complexity index is 959. The number of amides is 2. The van der Waals surface area contributed by atoms with Crippen LogP contribution in [-0.2, 0) is 0 Å². The van der Waals surface area contributed by atoms with E-state index in [0.717, 1.165) is 31.5 Å². The number of carbonyl (C=O) groups is 3. The Hall–Kier alpha value is -3.15. The maximum atomic E-state index is 12.7. The number of piperidine rings is 1. The van der Waals surface area contributed by atoms with Gasteiger partial charge in [0.05, 0.1) is 5.56 Å². The topological polar surface area (TPSA) is 86.7 Å². The van der Waals surface area contributed by atoms with Crippen molar-refractivity contribution >= 4 is 23.5 Å². The molecule has 152 valence electrons. The molecular weight excluding hydrogens is 368 g/mol. The lowest BCUT2D eigenvalue weighted by Gasteiger charge is -2.30. The molecule has 1 fully saturated rings. The van der Waals surface area contributed by atoms with E-state index < -0.39 is 5.97 Å². The molecule has 0 saturated carbocycles. The Morgan fingerprint density at radius 1 is 0.966 bits per heavy atom. The number of hydrogen-bond donors (Lipinski definition) is 2. The van der Waals surface area contributed by atoms with Crippen LogP contribution in [0.4, 0.5) is 5.69 Å². The van der Waals surface area contributed by atoms with Crippen molar-refractivity contribution in [2.24, 2.45) is 5.92 Å². The molecule has 1 aliphatic heterocycles. The number of hydrogen-bond acceptors (Lipinski definition) is 3. The first-order valence-electron chi connectivity index (χ1n) is 9.81. The first-order chi connectivity index (χ1) is 13.7. The first-order valence-corrected chi connectivity index (χ1v) is 9.81. The number of nitrogens with one attached hydrogen (secondary N) is 1. The lowest BCUT2D eigenvalue weighted by atomic mass is 9.98. The molecule has 0 spiro atoms. The zero-order valence-electron chi connectivity index (χ0n) is 17.0. The van der Waals surface area contributed by atoms with Crippen LogP contribution in [-0.4, -0.2) is 40.9 Å². The molecule has 2 amide bonds. The van der Waals surface area contributed by atoms with Crippen LogP contribution in [0.3, 0.4) is 0 Å². The Balaban J connectivity index is 1.75. The first kappa shape index (κ1) is 20.6. The van der Waals surface area contributed by atoms with Gasteiger partial charge in [-0.15, -0.1) is 0 Å². The summed E-state index contributed by atoms with van der Waals surface area (Å²) in [5, 5.41) is 12.0. The highest BCUT2D eigenvalue weighted by Gasteiger charge is 2.22. The van der Waals surface area contributed by atoms with Crippen LogP contribution in [0.15, 0.2) is 36.4 Å². The average Bonchev–Trinajstić information content (AvgIpc) is 2.69. The Morgan fingerprint density at radius 3 is 2.24 bits per heavy atom. The van der Waals surface area contributed by atoms with Crippen molar-refractivity contribution in [3.05, 3.63) is 64.2 Å². The number of benzene rings is 2. The number of rotatable bonds is 4.